The molecule has 3 heteroatoms. The zero-order chi connectivity index (χ0) is 16.5. The number of rotatable bonds is 4. The summed E-state index contributed by atoms with van der Waals surface area (Å²) in [7, 11) is 0. The Morgan fingerprint density at radius 2 is 1.91 bits per heavy atom. The quantitative estimate of drug-likeness (QED) is 0.836. The minimum absolute atomic E-state index is 0.0606. The minimum Gasteiger partial charge on any atom is -0.390 e. The van der Waals surface area contributed by atoms with E-state index in [1.165, 1.54) is 0 Å². The van der Waals surface area contributed by atoms with Gasteiger partial charge in [-0.3, -0.25) is 4.79 Å². The van der Waals surface area contributed by atoms with Crippen LogP contribution in [0.1, 0.15) is 66.2 Å². The van der Waals surface area contributed by atoms with Gasteiger partial charge in [-0.05, 0) is 60.8 Å². The van der Waals surface area contributed by atoms with Crippen LogP contribution in [0.2, 0.25) is 0 Å². The van der Waals surface area contributed by atoms with Crippen molar-refractivity contribution in [2.45, 2.75) is 78.4 Å². The smallest absolute Gasteiger partial charge is 0.155 e. The Hall–Kier alpha value is -0.670. The normalized spacial score (nSPS) is 42.9. The summed E-state index contributed by atoms with van der Waals surface area (Å²) in [4.78, 5) is 11.4. The summed E-state index contributed by atoms with van der Waals surface area (Å²) >= 11 is 0. The maximum absolute atomic E-state index is 11.4. The summed E-state index contributed by atoms with van der Waals surface area (Å²) in [5.41, 5.74) is 0.157. The lowest BCUT2D eigenvalue weighted by Crippen LogP contribution is -2.47. The SMILES string of the molecule is CC(C)[C@H]1CC(O)C(O)C[C@]1(C)CC[C@]1(C)C=CC(=O)CC1. The molecule has 5 atom stereocenters. The van der Waals surface area contributed by atoms with Crippen LogP contribution in [0.15, 0.2) is 12.2 Å². The monoisotopic (exact) mass is 308 g/mol. The van der Waals surface area contributed by atoms with E-state index in [9.17, 15) is 15.0 Å². The predicted octanol–water partition coefficient (Wildman–Crippen LogP) is 3.49. The van der Waals surface area contributed by atoms with E-state index in [4.69, 9.17) is 0 Å². The zero-order valence-corrected chi connectivity index (χ0v) is 14.5. The van der Waals surface area contributed by atoms with Crippen LogP contribution in [0, 0.1) is 22.7 Å². The van der Waals surface area contributed by atoms with Crippen LogP contribution in [0.3, 0.4) is 0 Å². The molecule has 0 bridgehead atoms. The van der Waals surface area contributed by atoms with E-state index in [-0.39, 0.29) is 16.6 Å². The Bertz CT molecular complexity index is 442. The van der Waals surface area contributed by atoms with Crippen LogP contribution < -0.4 is 0 Å². The van der Waals surface area contributed by atoms with Gasteiger partial charge in [0.2, 0.25) is 0 Å². The molecule has 1 fully saturated rings. The average Bonchev–Trinajstić information content (AvgIpc) is 2.44. The highest BCUT2D eigenvalue weighted by atomic mass is 16.3. The Morgan fingerprint density at radius 1 is 1.23 bits per heavy atom. The molecule has 2 unspecified atom stereocenters. The number of carbonyl (C=O) groups is 1. The summed E-state index contributed by atoms with van der Waals surface area (Å²) in [5, 5.41) is 20.2. The van der Waals surface area contributed by atoms with Crippen molar-refractivity contribution in [2.75, 3.05) is 0 Å². The second kappa shape index (κ2) is 6.45. The summed E-state index contributed by atoms with van der Waals surface area (Å²) in [6, 6.07) is 0. The lowest BCUT2D eigenvalue weighted by Gasteiger charge is -2.49. The number of hydrogen-bond acceptors (Lipinski definition) is 3. The largest absolute Gasteiger partial charge is 0.390 e. The number of ketones is 1. The van der Waals surface area contributed by atoms with Crippen molar-refractivity contribution in [3.05, 3.63) is 12.2 Å². The Balaban J connectivity index is 2.08. The topological polar surface area (TPSA) is 57.5 Å². The van der Waals surface area contributed by atoms with Crippen LogP contribution in [0.5, 0.6) is 0 Å². The third-order valence-corrected chi connectivity index (χ3v) is 6.20. The number of carbonyl (C=O) groups excluding carboxylic acids is 1. The maximum Gasteiger partial charge on any atom is 0.155 e. The Kier molecular flexibility index (Phi) is 5.18. The van der Waals surface area contributed by atoms with Gasteiger partial charge in [-0.15, -0.1) is 0 Å². The van der Waals surface area contributed by atoms with E-state index in [1.807, 2.05) is 0 Å². The van der Waals surface area contributed by atoms with E-state index >= 15 is 0 Å². The van der Waals surface area contributed by atoms with Crippen molar-refractivity contribution >= 4 is 5.78 Å². The molecule has 0 aromatic rings. The number of aliphatic hydroxyl groups is 2. The van der Waals surface area contributed by atoms with Crippen molar-refractivity contribution in [3.8, 4) is 0 Å². The van der Waals surface area contributed by atoms with Crippen molar-refractivity contribution < 1.29 is 15.0 Å². The molecule has 0 aromatic carbocycles. The van der Waals surface area contributed by atoms with Gasteiger partial charge in [0.15, 0.2) is 5.78 Å². The van der Waals surface area contributed by atoms with Crippen molar-refractivity contribution in [3.63, 3.8) is 0 Å². The van der Waals surface area contributed by atoms with Gasteiger partial charge in [-0.2, -0.15) is 0 Å². The molecule has 0 saturated heterocycles. The van der Waals surface area contributed by atoms with Gasteiger partial charge in [-0.1, -0.05) is 33.8 Å². The molecule has 0 aromatic heterocycles. The highest BCUT2D eigenvalue weighted by Gasteiger charge is 2.45. The first-order chi connectivity index (χ1) is 10.2. The van der Waals surface area contributed by atoms with Crippen LogP contribution in [0.4, 0.5) is 0 Å². The third kappa shape index (κ3) is 3.80. The van der Waals surface area contributed by atoms with Crippen molar-refractivity contribution in [2.24, 2.45) is 22.7 Å². The summed E-state index contributed by atoms with van der Waals surface area (Å²) < 4.78 is 0. The van der Waals surface area contributed by atoms with Crippen LogP contribution in [-0.4, -0.2) is 28.2 Å². The van der Waals surface area contributed by atoms with Gasteiger partial charge in [0.25, 0.3) is 0 Å². The van der Waals surface area contributed by atoms with Gasteiger partial charge in [0.05, 0.1) is 12.2 Å². The first kappa shape index (κ1) is 17.7. The number of hydrogen-bond donors (Lipinski definition) is 2. The fourth-order valence-corrected chi connectivity index (χ4v) is 4.48. The first-order valence-corrected chi connectivity index (χ1v) is 8.73. The molecule has 2 aliphatic carbocycles. The molecule has 126 valence electrons. The fraction of sp³-hybridized carbons (Fsp3) is 0.842. The minimum atomic E-state index is -0.601. The zero-order valence-electron chi connectivity index (χ0n) is 14.5. The van der Waals surface area contributed by atoms with E-state index < -0.39 is 12.2 Å². The molecule has 1 saturated carbocycles. The second-order valence-electron chi connectivity index (χ2n) is 8.53. The van der Waals surface area contributed by atoms with Crippen LogP contribution >= 0.6 is 0 Å². The molecule has 2 aliphatic rings. The van der Waals surface area contributed by atoms with E-state index in [2.05, 4.69) is 33.8 Å². The van der Waals surface area contributed by atoms with E-state index in [1.54, 1.807) is 6.08 Å². The summed E-state index contributed by atoms with van der Waals surface area (Å²) in [5.74, 6) is 1.17. The highest BCUT2D eigenvalue weighted by molar-refractivity contribution is 5.90. The molecule has 0 radical (unpaired) electrons. The molecular weight excluding hydrogens is 276 g/mol. The van der Waals surface area contributed by atoms with E-state index in [0.29, 0.717) is 31.1 Å². The second-order valence-corrected chi connectivity index (χ2v) is 8.53. The van der Waals surface area contributed by atoms with Gasteiger partial charge >= 0.3 is 0 Å². The van der Waals surface area contributed by atoms with E-state index in [0.717, 1.165) is 19.3 Å². The molecule has 3 nitrogen and oxygen atoms in total. The van der Waals surface area contributed by atoms with Gasteiger partial charge < -0.3 is 10.2 Å². The maximum atomic E-state index is 11.4. The lowest BCUT2D eigenvalue weighted by atomic mass is 9.58. The predicted molar refractivity (Wildman–Crippen MR) is 88.4 cm³/mol. The molecule has 0 aliphatic heterocycles. The molecule has 0 spiro atoms. The van der Waals surface area contributed by atoms with Gasteiger partial charge in [0.1, 0.15) is 0 Å². The Labute approximate surface area is 134 Å². The highest BCUT2D eigenvalue weighted by Crippen LogP contribution is 2.50. The van der Waals surface area contributed by atoms with Crippen molar-refractivity contribution in [1.29, 1.82) is 0 Å². The van der Waals surface area contributed by atoms with Gasteiger partial charge in [-0.25, -0.2) is 0 Å². The van der Waals surface area contributed by atoms with Crippen LogP contribution in [0.25, 0.3) is 0 Å². The fourth-order valence-electron chi connectivity index (χ4n) is 4.48. The molecule has 22 heavy (non-hydrogen) atoms. The molecule has 0 heterocycles. The first-order valence-electron chi connectivity index (χ1n) is 8.73. The molecule has 2 N–H and O–H groups in total. The molecule has 2 rings (SSSR count). The molecule has 0 amide bonds. The Morgan fingerprint density at radius 3 is 2.45 bits per heavy atom. The molecular formula is C19H32O3. The number of aliphatic hydroxyl groups excluding tert-OH is 2. The van der Waals surface area contributed by atoms with Crippen LogP contribution in [-0.2, 0) is 4.79 Å². The lowest BCUT2D eigenvalue weighted by molar-refractivity contribution is -0.115. The van der Waals surface area contributed by atoms with Gasteiger partial charge in [0, 0.05) is 6.42 Å². The number of allylic oxidation sites excluding steroid dienone is 2. The summed E-state index contributed by atoms with van der Waals surface area (Å²) in [6.07, 6.45) is 7.67. The summed E-state index contributed by atoms with van der Waals surface area (Å²) in [6.45, 7) is 8.94. The van der Waals surface area contributed by atoms with Crippen molar-refractivity contribution in [1.82, 2.24) is 0 Å². The average molecular weight is 308 g/mol. The third-order valence-electron chi connectivity index (χ3n) is 6.20. The standard InChI is InChI=1S/C19H32O3/c1-13(2)15-11-16(21)17(22)12-19(15,4)10-9-18(3)7-5-14(20)6-8-18/h5,7,13,15-17,21-22H,6,8-12H2,1-4H3/t15-,16?,17?,18-,19+/m1/s1.